The Morgan fingerprint density at radius 2 is 1.59 bits per heavy atom. The number of imide groups is 1. The molecule has 0 saturated heterocycles. The van der Waals surface area contributed by atoms with E-state index in [2.05, 4.69) is 0 Å². The van der Waals surface area contributed by atoms with Crippen LogP contribution in [0.2, 0.25) is 0 Å². The van der Waals surface area contributed by atoms with E-state index in [4.69, 9.17) is 0 Å². The van der Waals surface area contributed by atoms with Crippen LogP contribution in [-0.4, -0.2) is 51.7 Å². The molecule has 1 fully saturated rings. The molecule has 34 heavy (non-hydrogen) atoms. The number of carboxylic acids is 1. The minimum absolute atomic E-state index is 0.112. The maximum Gasteiger partial charge on any atom is 0.307 e. The normalized spacial score (nSPS) is 24.1. The van der Waals surface area contributed by atoms with Crippen LogP contribution in [0.1, 0.15) is 63.6 Å². The van der Waals surface area contributed by atoms with Gasteiger partial charge >= 0.3 is 5.97 Å². The number of hydrogen-bond donors (Lipinski definition) is 1. The molecule has 176 valence electrons. The summed E-state index contributed by atoms with van der Waals surface area (Å²) in [6, 6.07) is 10.4. The number of amides is 3. The summed E-state index contributed by atoms with van der Waals surface area (Å²) < 4.78 is 14.6. The highest BCUT2D eigenvalue weighted by molar-refractivity contribution is 6.21. The largest absolute Gasteiger partial charge is 0.481 e. The van der Waals surface area contributed by atoms with Crippen molar-refractivity contribution in [3.05, 3.63) is 70.5 Å². The fraction of sp³-hybridized carbons (Fsp3) is 0.385. The zero-order valence-corrected chi connectivity index (χ0v) is 18.6. The van der Waals surface area contributed by atoms with Crippen molar-refractivity contribution in [2.45, 2.75) is 38.1 Å². The number of benzene rings is 2. The maximum atomic E-state index is 14.6. The molecule has 5 rings (SSSR count). The summed E-state index contributed by atoms with van der Waals surface area (Å²) in [7, 11) is 0. The van der Waals surface area contributed by atoms with E-state index in [9.17, 15) is 28.7 Å². The molecule has 0 spiro atoms. The monoisotopic (exact) mass is 464 g/mol. The van der Waals surface area contributed by atoms with Crippen molar-refractivity contribution < 1.29 is 28.7 Å². The molecule has 3 atom stereocenters. The predicted octanol–water partition coefficient (Wildman–Crippen LogP) is 3.44. The van der Waals surface area contributed by atoms with Gasteiger partial charge in [-0.2, -0.15) is 0 Å². The van der Waals surface area contributed by atoms with Gasteiger partial charge in [0.2, 0.25) is 5.91 Å². The zero-order valence-electron chi connectivity index (χ0n) is 18.6. The molecule has 3 amide bonds. The van der Waals surface area contributed by atoms with Gasteiger partial charge in [-0.25, -0.2) is 4.39 Å². The van der Waals surface area contributed by atoms with Gasteiger partial charge in [0.1, 0.15) is 5.82 Å². The molecule has 2 aliphatic heterocycles. The van der Waals surface area contributed by atoms with Gasteiger partial charge in [0.15, 0.2) is 0 Å². The number of hydrogen-bond acceptors (Lipinski definition) is 4. The van der Waals surface area contributed by atoms with Crippen molar-refractivity contribution in [3.63, 3.8) is 0 Å². The molecule has 2 heterocycles. The van der Waals surface area contributed by atoms with Crippen LogP contribution in [0.5, 0.6) is 0 Å². The van der Waals surface area contributed by atoms with Crippen molar-refractivity contribution >= 4 is 23.7 Å². The van der Waals surface area contributed by atoms with Gasteiger partial charge in [-0.3, -0.25) is 24.1 Å². The minimum atomic E-state index is -0.988. The number of carboxylic acid groups (broad SMARTS) is 1. The van der Waals surface area contributed by atoms with Crippen LogP contribution < -0.4 is 0 Å². The van der Waals surface area contributed by atoms with Gasteiger partial charge in [-0.15, -0.1) is 0 Å². The van der Waals surface area contributed by atoms with E-state index in [-0.39, 0.29) is 25.4 Å². The minimum Gasteiger partial charge on any atom is -0.481 e. The van der Waals surface area contributed by atoms with E-state index in [1.165, 1.54) is 6.07 Å². The van der Waals surface area contributed by atoms with Crippen LogP contribution in [-0.2, 0) is 16.0 Å². The topological polar surface area (TPSA) is 95.0 Å². The smallest absolute Gasteiger partial charge is 0.307 e. The molecule has 0 bridgehead atoms. The molecule has 2 aromatic rings. The number of carbonyl (C=O) groups excluding carboxylic acids is 3. The lowest BCUT2D eigenvalue weighted by atomic mass is 9.77. The Labute approximate surface area is 196 Å². The average molecular weight is 464 g/mol. The van der Waals surface area contributed by atoms with Gasteiger partial charge in [-0.05, 0) is 48.6 Å². The van der Waals surface area contributed by atoms with Crippen LogP contribution >= 0.6 is 0 Å². The van der Waals surface area contributed by atoms with Crippen LogP contribution in [0.3, 0.4) is 0 Å². The van der Waals surface area contributed by atoms with E-state index in [0.29, 0.717) is 35.1 Å². The van der Waals surface area contributed by atoms with Crippen LogP contribution in [0.4, 0.5) is 4.39 Å². The predicted molar refractivity (Wildman–Crippen MR) is 119 cm³/mol. The van der Waals surface area contributed by atoms with E-state index in [1.54, 1.807) is 41.3 Å². The summed E-state index contributed by atoms with van der Waals surface area (Å²) in [6.45, 7) is 0.0858. The fourth-order valence-corrected chi connectivity index (χ4v) is 5.68. The summed E-state index contributed by atoms with van der Waals surface area (Å²) in [6.07, 6.45) is 2.72. The van der Waals surface area contributed by atoms with Crippen molar-refractivity contribution in [1.82, 2.24) is 9.80 Å². The zero-order chi connectivity index (χ0) is 24.0. The third-order valence-corrected chi connectivity index (χ3v) is 7.41. The summed E-state index contributed by atoms with van der Waals surface area (Å²) >= 11 is 0. The second-order valence-corrected chi connectivity index (χ2v) is 9.21. The summed E-state index contributed by atoms with van der Waals surface area (Å²) in [5, 5.41) is 9.70. The maximum absolute atomic E-state index is 14.6. The SMILES string of the molecule is O=C(O)[C@@H]1CCCC[C@@H]1C(=O)N1CCc2c(F)cccc2C1CN1C(=O)c2ccccc2C1=O. The Morgan fingerprint density at radius 3 is 2.24 bits per heavy atom. The molecule has 0 aromatic heterocycles. The van der Waals surface area contributed by atoms with Crippen LogP contribution in [0, 0.1) is 17.7 Å². The summed E-state index contributed by atoms with van der Waals surface area (Å²) in [5.74, 6) is -4.02. The fourth-order valence-electron chi connectivity index (χ4n) is 5.68. The quantitative estimate of drug-likeness (QED) is 0.700. The molecule has 3 aliphatic rings. The van der Waals surface area contributed by atoms with Gasteiger partial charge in [0, 0.05) is 6.54 Å². The Balaban J connectivity index is 1.51. The molecule has 2 aromatic carbocycles. The lowest BCUT2D eigenvalue weighted by molar-refractivity contribution is -0.153. The van der Waals surface area contributed by atoms with Crippen molar-refractivity contribution in [3.8, 4) is 0 Å². The van der Waals surface area contributed by atoms with Crippen molar-refractivity contribution in [1.29, 1.82) is 0 Å². The highest BCUT2D eigenvalue weighted by Crippen LogP contribution is 2.38. The first kappa shape index (κ1) is 22.3. The van der Waals surface area contributed by atoms with E-state index < -0.39 is 41.5 Å². The number of halogens is 1. The second kappa shape index (κ2) is 8.66. The van der Waals surface area contributed by atoms with E-state index in [0.717, 1.165) is 17.7 Å². The molecule has 1 N–H and O–H groups in total. The first-order chi connectivity index (χ1) is 16.4. The number of fused-ring (bicyclic) bond motifs is 2. The number of nitrogens with zero attached hydrogens (tertiary/aromatic N) is 2. The third-order valence-electron chi connectivity index (χ3n) is 7.41. The van der Waals surface area contributed by atoms with Gasteiger partial charge in [-0.1, -0.05) is 37.1 Å². The summed E-state index contributed by atoms with van der Waals surface area (Å²) in [4.78, 5) is 54.3. The first-order valence-corrected chi connectivity index (χ1v) is 11.6. The molecule has 1 aliphatic carbocycles. The molecule has 1 unspecified atom stereocenters. The number of rotatable bonds is 4. The van der Waals surface area contributed by atoms with E-state index >= 15 is 0 Å². The van der Waals surface area contributed by atoms with Gasteiger partial charge < -0.3 is 10.0 Å². The molecular formula is C26H25FN2O5. The van der Waals surface area contributed by atoms with Crippen molar-refractivity contribution in [2.24, 2.45) is 11.8 Å². The first-order valence-electron chi connectivity index (χ1n) is 11.6. The number of aliphatic carboxylic acids is 1. The second-order valence-electron chi connectivity index (χ2n) is 9.21. The van der Waals surface area contributed by atoms with Crippen LogP contribution in [0.25, 0.3) is 0 Å². The standard InChI is InChI=1S/C26H25FN2O5/c27-21-11-5-10-16-15(21)12-13-28(23(30)19-8-3-4-9-20(19)26(33)34)22(16)14-29-24(31)17-6-1-2-7-18(17)25(29)32/h1-2,5-7,10-11,19-20,22H,3-4,8-9,12-14H2,(H,33,34)/t19-,20+,22?/m0/s1. The Kier molecular flexibility index (Phi) is 5.67. The lowest BCUT2D eigenvalue weighted by Gasteiger charge is -2.42. The van der Waals surface area contributed by atoms with E-state index in [1.807, 2.05) is 0 Å². The highest BCUT2D eigenvalue weighted by atomic mass is 19.1. The molecule has 8 heteroatoms. The Bertz CT molecular complexity index is 1160. The molecule has 7 nitrogen and oxygen atoms in total. The van der Waals surface area contributed by atoms with Gasteiger partial charge in [0.25, 0.3) is 11.8 Å². The van der Waals surface area contributed by atoms with Crippen molar-refractivity contribution in [2.75, 3.05) is 13.1 Å². The lowest BCUT2D eigenvalue weighted by Crippen LogP contribution is -2.50. The molecule has 0 radical (unpaired) electrons. The summed E-state index contributed by atoms with van der Waals surface area (Å²) in [5.41, 5.74) is 1.63. The Hall–Kier alpha value is -3.55. The average Bonchev–Trinajstić information content (AvgIpc) is 3.09. The highest BCUT2D eigenvalue weighted by Gasteiger charge is 2.44. The molecular weight excluding hydrogens is 439 g/mol. The van der Waals surface area contributed by atoms with Gasteiger partial charge in [0.05, 0.1) is 35.5 Å². The van der Waals surface area contributed by atoms with Crippen LogP contribution in [0.15, 0.2) is 42.5 Å². The molecule has 1 saturated carbocycles. The number of carbonyl (C=O) groups is 4. The third kappa shape index (κ3) is 3.57. The Morgan fingerprint density at radius 1 is 0.941 bits per heavy atom.